The number of carbonyl (C=O) groups excluding carboxylic acids is 4. The fraction of sp³-hybridized carbons (Fsp3) is 0.951. The lowest BCUT2D eigenvalue weighted by atomic mass is 9.99. The van der Waals surface area contributed by atoms with E-state index in [9.17, 15) is 43.2 Å². The Kier molecular flexibility index (Phi) is 69.6. The fourth-order valence-corrected chi connectivity index (χ4v) is 14.2. The predicted octanol–water partition coefficient (Wildman–Crippen LogP) is 24.4. The molecule has 0 rings (SSSR count). The van der Waals surface area contributed by atoms with E-state index in [2.05, 4.69) is 55.4 Å². The van der Waals surface area contributed by atoms with Crippen LogP contribution in [0.4, 0.5) is 0 Å². The van der Waals surface area contributed by atoms with E-state index in [-0.39, 0.29) is 25.7 Å². The Bertz CT molecular complexity index is 1970. The molecule has 0 aliphatic heterocycles. The summed E-state index contributed by atoms with van der Waals surface area (Å²) in [5.74, 6) is 0.984. The quantitative estimate of drug-likeness (QED) is 0.0222. The van der Waals surface area contributed by atoms with Crippen LogP contribution in [-0.4, -0.2) is 96.7 Å². The first kappa shape index (κ1) is 99.1. The van der Waals surface area contributed by atoms with Crippen molar-refractivity contribution in [2.24, 2.45) is 23.7 Å². The molecule has 0 heterocycles. The van der Waals surface area contributed by atoms with Crippen LogP contribution in [-0.2, 0) is 65.4 Å². The molecule has 0 radical (unpaired) electrons. The van der Waals surface area contributed by atoms with Gasteiger partial charge in [-0.25, -0.2) is 9.13 Å². The van der Waals surface area contributed by atoms with Gasteiger partial charge in [-0.2, -0.15) is 0 Å². The van der Waals surface area contributed by atoms with E-state index < -0.39 is 97.5 Å². The first-order valence-electron chi connectivity index (χ1n) is 42.2. The molecule has 0 spiro atoms. The first-order chi connectivity index (χ1) is 48.6. The van der Waals surface area contributed by atoms with E-state index in [0.29, 0.717) is 37.5 Å². The third-order valence-electron chi connectivity index (χ3n) is 19.4. The monoisotopic (exact) mass is 1480 g/mol. The van der Waals surface area contributed by atoms with E-state index in [4.69, 9.17) is 37.0 Å². The van der Waals surface area contributed by atoms with E-state index in [1.165, 1.54) is 218 Å². The molecule has 19 heteroatoms. The van der Waals surface area contributed by atoms with E-state index in [0.717, 1.165) is 108 Å². The maximum absolute atomic E-state index is 13.1. The van der Waals surface area contributed by atoms with Gasteiger partial charge in [0.25, 0.3) is 0 Å². The zero-order valence-corrected chi connectivity index (χ0v) is 68.3. The number of rotatable bonds is 79. The highest BCUT2D eigenvalue weighted by Gasteiger charge is 2.30. The molecule has 101 heavy (non-hydrogen) atoms. The van der Waals surface area contributed by atoms with Gasteiger partial charge in [-0.3, -0.25) is 37.3 Å². The van der Waals surface area contributed by atoms with Crippen LogP contribution < -0.4 is 0 Å². The summed E-state index contributed by atoms with van der Waals surface area (Å²) in [6, 6.07) is 0. The molecule has 600 valence electrons. The van der Waals surface area contributed by atoms with Gasteiger partial charge in [0, 0.05) is 25.7 Å². The molecule has 0 fully saturated rings. The third-order valence-corrected chi connectivity index (χ3v) is 21.3. The molecular formula is C82H160O17P2. The lowest BCUT2D eigenvalue weighted by Gasteiger charge is -2.21. The van der Waals surface area contributed by atoms with Crippen LogP contribution in [0, 0.1) is 23.7 Å². The first-order valence-corrected chi connectivity index (χ1v) is 45.2. The number of hydrogen-bond acceptors (Lipinski definition) is 15. The molecule has 0 aromatic rings. The van der Waals surface area contributed by atoms with Gasteiger partial charge in [-0.1, -0.05) is 370 Å². The zero-order chi connectivity index (χ0) is 74.6. The molecule has 3 N–H and O–H groups in total. The Morgan fingerprint density at radius 2 is 0.475 bits per heavy atom. The second-order valence-electron chi connectivity index (χ2n) is 31.2. The van der Waals surface area contributed by atoms with Crippen molar-refractivity contribution in [2.75, 3.05) is 39.6 Å². The Morgan fingerprint density at radius 3 is 0.703 bits per heavy atom. The maximum atomic E-state index is 13.1. The molecule has 0 aliphatic carbocycles. The topological polar surface area (TPSA) is 237 Å². The van der Waals surface area contributed by atoms with Crippen LogP contribution in [0.25, 0.3) is 0 Å². The largest absolute Gasteiger partial charge is 0.472 e. The Hall–Kier alpha value is -1.94. The van der Waals surface area contributed by atoms with E-state index >= 15 is 0 Å². The molecule has 6 atom stereocenters. The van der Waals surface area contributed by atoms with Crippen molar-refractivity contribution >= 4 is 39.5 Å². The normalized spacial score (nSPS) is 14.3. The standard InChI is InChI=1S/C82H160O17P2/c1-9-75(8)61-53-45-37-28-24-20-16-12-10-11-13-17-22-26-30-39-48-56-64-81(86)98-78(69-93-80(85)63-55-47-41-33-36-44-52-60-74(6)7)71-97-101(90,91)95-67-76(83)66-94-100(88,89)96-70-77(99-82(87)65-57-49-40-32-31-35-43-51-59-73(4)5)68-92-79(84)62-54-46-38-29-25-21-18-14-15-19-23-27-34-42-50-58-72(2)3/h72-78,83H,9-71H2,1-8H3,(H,88,89)(H,90,91)/t75?,76?,77-,78-/m1/s1. The van der Waals surface area contributed by atoms with Crippen molar-refractivity contribution in [1.82, 2.24) is 0 Å². The summed E-state index contributed by atoms with van der Waals surface area (Å²) in [5.41, 5.74) is 0. The lowest BCUT2D eigenvalue weighted by molar-refractivity contribution is -0.161. The molecule has 0 amide bonds. The van der Waals surface area contributed by atoms with Gasteiger partial charge >= 0.3 is 39.5 Å². The summed E-state index contributed by atoms with van der Waals surface area (Å²) in [4.78, 5) is 73.0. The van der Waals surface area contributed by atoms with E-state index in [1.54, 1.807) is 0 Å². The van der Waals surface area contributed by atoms with Gasteiger partial charge in [-0.15, -0.1) is 0 Å². The van der Waals surface area contributed by atoms with E-state index in [1.807, 2.05) is 0 Å². The number of aliphatic hydroxyl groups is 1. The van der Waals surface area contributed by atoms with Crippen LogP contribution in [0.1, 0.15) is 421 Å². The van der Waals surface area contributed by atoms with Crippen LogP contribution in [0.5, 0.6) is 0 Å². The van der Waals surface area contributed by atoms with Crippen LogP contribution >= 0.6 is 15.6 Å². The minimum Gasteiger partial charge on any atom is -0.462 e. The van der Waals surface area contributed by atoms with Crippen molar-refractivity contribution in [3.63, 3.8) is 0 Å². The second-order valence-corrected chi connectivity index (χ2v) is 34.1. The number of ether oxygens (including phenoxy) is 4. The zero-order valence-electron chi connectivity index (χ0n) is 66.5. The Balaban J connectivity index is 5.15. The summed E-state index contributed by atoms with van der Waals surface area (Å²) in [6.45, 7) is 14.2. The summed E-state index contributed by atoms with van der Waals surface area (Å²) >= 11 is 0. The maximum Gasteiger partial charge on any atom is 0.472 e. The van der Waals surface area contributed by atoms with Gasteiger partial charge in [0.05, 0.1) is 26.4 Å². The lowest BCUT2D eigenvalue weighted by Crippen LogP contribution is -2.30. The minimum atomic E-state index is -4.96. The minimum absolute atomic E-state index is 0.105. The predicted molar refractivity (Wildman–Crippen MR) is 414 cm³/mol. The van der Waals surface area contributed by atoms with Crippen LogP contribution in [0.3, 0.4) is 0 Å². The molecule has 0 aromatic heterocycles. The molecule has 0 aromatic carbocycles. The SMILES string of the molecule is CCC(C)CCCCCCCCCCCCCCCCCCCCC(=O)O[C@H](COC(=O)CCCCCCCCCC(C)C)COP(=O)(O)OCC(O)COP(=O)(O)OC[C@@H](COC(=O)CCCCCCCCCCCCCCCCCC(C)C)OC(=O)CCCCCCCCCCC(C)C. The smallest absolute Gasteiger partial charge is 0.462 e. The summed E-state index contributed by atoms with van der Waals surface area (Å²) in [6.07, 6.45) is 58.5. The van der Waals surface area contributed by atoms with Crippen LogP contribution in [0.2, 0.25) is 0 Å². The van der Waals surface area contributed by atoms with Crippen molar-refractivity contribution in [3.8, 4) is 0 Å². The molecule has 4 unspecified atom stereocenters. The summed E-state index contributed by atoms with van der Waals surface area (Å²) in [7, 11) is -9.92. The van der Waals surface area contributed by atoms with Gasteiger partial charge in [0.1, 0.15) is 19.3 Å². The number of carbonyl (C=O) groups is 4. The molecular weight excluding hydrogens is 1320 g/mol. The van der Waals surface area contributed by atoms with Gasteiger partial charge in [0.2, 0.25) is 0 Å². The van der Waals surface area contributed by atoms with Crippen LogP contribution in [0.15, 0.2) is 0 Å². The van der Waals surface area contributed by atoms with Crippen molar-refractivity contribution in [2.45, 2.75) is 440 Å². The second kappa shape index (κ2) is 71.0. The van der Waals surface area contributed by atoms with Gasteiger partial charge in [0.15, 0.2) is 12.2 Å². The highest BCUT2D eigenvalue weighted by atomic mass is 31.2. The van der Waals surface area contributed by atoms with Crippen molar-refractivity contribution < 1.29 is 80.2 Å². The Labute approximate surface area is 619 Å². The molecule has 0 aliphatic rings. The Morgan fingerprint density at radius 1 is 0.277 bits per heavy atom. The number of phosphoric ester groups is 2. The number of phosphoric acid groups is 2. The third kappa shape index (κ3) is 74.7. The van der Waals surface area contributed by atoms with Gasteiger partial charge in [-0.05, 0) is 49.4 Å². The number of unbranched alkanes of at least 4 members (excludes halogenated alkanes) is 44. The fourth-order valence-electron chi connectivity index (χ4n) is 12.6. The average molecular weight is 1480 g/mol. The highest BCUT2D eigenvalue weighted by molar-refractivity contribution is 7.47. The number of hydrogen-bond donors (Lipinski definition) is 3. The van der Waals surface area contributed by atoms with Crippen molar-refractivity contribution in [1.29, 1.82) is 0 Å². The number of aliphatic hydroxyl groups excluding tert-OH is 1. The molecule has 0 saturated heterocycles. The molecule has 0 saturated carbocycles. The summed E-state index contributed by atoms with van der Waals surface area (Å²) in [5, 5.41) is 10.6. The number of esters is 4. The average Bonchev–Trinajstić information content (AvgIpc) is 2.06. The molecule has 0 bridgehead atoms. The summed E-state index contributed by atoms with van der Waals surface area (Å²) < 4.78 is 68.7. The van der Waals surface area contributed by atoms with Crippen molar-refractivity contribution in [3.05, 3.63) is 0 Å². The van der Waals surface area contributed by atoms with Gasteiger partial charge < -0.3 is 33.8 Å². The highest BCUT2D eigenvalue weighted by Crippen LogP contribution is 2.45. The molecule has 17 nitrogen and oxygen atoms in total.